The number of rotatable bonds is 4. The van der Waals surface area contributed by atoms with Crippen molar-refractivity contribution in [1.82, 2.24) is 4.98 Å². The summed E-state index contributed by atoms with van der Waals surface area (Å²) in [7, 11) is 0. The van der Waals surface area contributed by atoms with E-state index in [1.54, 1.807) is 12.1 Å². The largest absolute Gasteiger partial charge is 0.326 e. The van der Waals surface area contributed by atoms with Gasteiger partial charge in [-0.05, 0) is 54.5 Å². The van der Waals surface area contributed by atoms with Crippen LogP contribution in [0.2, 0.25) is 0 Å². The van der Waals surface area contributed by atoms with Gasteiger partial charge in [-0.25, -0.2) is 0 Å². The molecular weight excluding hydrogens is 302 g/mol. The second kappa shape index (κ2) is 7.01. The first-order valence-corrected chi connectivity index (χ1v) is 8.46. The number of anilines is 1. The van der Waals surface area contributed by atoms with Crippen molar-refractivity contribution in [3.63, 3.8) is 0 Å². The van der Waals surface area contributed by atoms with Gasteiger partial charge in [-0.2, -0.15) is 0 Å². The van der Waals surface area contributed by atoms with E-state index in [1.807, 2.05) is 18.2 Å². The van der Waals surface area contributed by atoms with E-state index in [0.29, 0.717) is 18.2 Å². The second-order valence-electron chi connectivity index (χ2n) is 6.39. The van der Waals surface area contributed by atoms with Crippen molar-refractivity contribution in [2.24, 2.45) is 11.7 Å². The van der Waals surface area contributed by atoms with E-state index in [1.165, 1.54) is 0 Å². The molecule has 1 aromatic carbocycles. The third-order valence-electron chi connectivity index (χ3n) is 4.77. The quantitative estimate of drug-likeness (QED) is 0.807. The summed E-state index contributed by atoms with van der Waals surface area (Å²) < 4.78 is 0. The lowest BCUT2D eigenvalue weighted by atomic mass is 9.84. The van der Waals surface area contributed by atoms with Gasteiger partial charge < -0.3 is 16.0 Å². The molecule has 5 heteroatoms. The number of amides is 1. The minimum atomic E-state index is -0.383. The summed E-state index contributed by atoms with van der Waals surface area (Å²) >= 11 is 0. The number of aromatic amines is 1. The van der Waals surface area contributed by atoms with Crippen molar-refractivity contribution in [3.05, 3.63) is 63.1 Å². The number of H-pyrrole nitrogens is 1. The number of aryl methyl sites for hydroxylation is 1. The van der Waals surface area contributed by atoms with E-state index in [9.17, 15) is 9.59 Å². The second-order valence-corrected chi connectivity index (χ2v) is 6.39. The molecule has 1 amide bonds. The highest BCUT2D eigenvalue weighted by Gasteiger charge is 2.21. The van der Waals surface area contributed by atoms with E-state index >= 15 is 0 Å². The number of carbonyl (C=O) groups excluding carboxylic acids is 1. The van der Waals surface area contributed by atoms with Crippen LogP contribution in [0.25, 0.3) is 0 Å². The van der Waals surface area contributed by atoms with E-state index in [-0.39, 0.29) is 17.0 Å². The first-order chi connectivity index (χ1) is 11.6. The van der Waals surface area contributed by atoms with E-state index in [2.05, 4.69) is 17.2 Å². The number of pyridine rings is 1. The predicted octanol–water partition coefficient (Wildman–Crippen LogP) is 2.60. The van der Waals surface area contributed by atoms with E-state index < -0.39 is 0 Å². The third-order valence-corrected chi connectivity index (χ3v) is 4.77. The molecule has 0 bridgehead atoms. The Kier molecular flexibility index (Phi) is 4.81. The fourth-order valence-electron chi connectivity index (χ4n) is 3.27. The smallest absolute Gasteiger partial charge is 0.261 e. The SMILES string of the molecule is CCC1CCc2[nH]c(=O)c(C(=O)Nc3cccc(CN)c3)cc2C1. The maximum atomic E-state index is 12.5. The lowest BCUT2D eigenvalue weighted by Crippen LogP contribution is -2.27. The van der Waals surface area contributed by atoms with Gasteiger partial charge in [-0.3, -0.25) is 9.59 Å². The monoisotopic (exact) mass is 325 g/mol. The normalized spacial score (nSPS) is 16.5. The fourth-order valence-corrected chi connectivity index (χ4v) is 3.27. The Balaban J connectivity index is 1.86. The van der Waals surface area contributed by atoms with Gasteiger partial charge in [0.2, 0.25) is 0 Å². The van der Waals surface area contributed by atoms with Gasteiger partial charge in [-0.1, -0.05) is 25.5 Å². The molecule has 2 aromatic rings. The van der Waals surface area contributed by atoms with Gasteiger partial charge in [0.1, 0.15) is 5.56 Å². The minimum absolute atomic E-state index is 0.170. The summed E-state index contributed by atoms with van der Waals surface area (Å²) in [6.45, 7) is 2.58. The van der Waals surface area contributed by atoms with Crippen molar-refractivity contribution >= 4 is 11.6 Å². The molecule has 5 nitrogen and oxygen atoms in total. The van der Waals surface area contributed by atoms with Crippen LogP contribution in [0.5, 0.6) is 0 Å². The molecule has 0 fully saturated rings. The molecule has 24 heavy (non-hydrogen) atoms. The number of nitrogens with two attached hydrogens (primary N) is 1. The maximum absolute atomic E-state index is 12.5. The van der Waals surface area contributed by atoms with E-state index in [4.69, 9.17) is 5.73 Å². The topological polar surface area (TPSA) is 88.0 Å². The number of hydrogen-bond donors (Lipinski definition) is 3. The Bertz CT molecular complexity index is 810. The zero-order chi connectivity index (χ0) is 17.1. The van der Waals surface area contributed by atoms with Crippen molar-refractivity contribution in [1.29, 1.82) is 0 Å². The first kappa shape index (κ1) is 16.5. The van der Waals surface area contributed by atoms with Gasteiger partial charge in [-0.15, -0.1) is 0 Å². The average molecular weight is 325 g/mol. The average Bonchev–Trinajstić information content (AvgIpc) is 2.60. The van der Waals surface area contributed by atoms with Crippen LogP contribution in [-0.2, 0) is 19.4 Å². The summed E-state index contributed by atoms with van der Waals surface area (Å²) in [5.41, 5.74) is 9.11. The number of hydrogen-bond acceptors (Lipinski definition) is 3. The molecule has 1 unspecified atom stereocenters. The fraction of sp³-hybridized carbons (Fsp3) is 0.368. The molecule has 0 spiro atoms. The van der Waals surface area contributed by atoms with Crippen molar-refractivity contribution in [2.45, 2.75) is 39.2 Å². The van der Waals surface area contributed by atoms with Gasteiger partial charge in [0.25, 0.3) is 11.5 Å². The van der Waals surface area contributed by atoms with Gasteiger partial charge in [0.05, 0.1) is 0 Å². The summed E-state index contributed by atoms with van der Waals surface area (Å²) in [4.78, 5) is 27.7. The summed E-state index contributed by atoms with van der Waals surface area (Å²) in [6, 6.07) is 9.10. The molecular formula is C19H23N3O2. The minimum Gasteiger partial charge on any atom is -0.326 e. The Morgan fingerprint density at radius 2 is 2.21 bits per heavy atom. The number of aromatic nitrogens is 1. The van der Waals surface area contributed by atoms with E-state index in [0.717, 1.165) is 42.5 Å². The molecule has 1 aliphatic rings. The van der Waals surface area contributed by atoms with Crippen LogP contribution < -0.4 is 16.6 Å². The predicted molar refractivity (Wildman–Crippen MR) is 95.2 cm³/mol. The number of benzene rings is 1. The first-order valence-electron chi connectivity index (χ1n) is 8.46. The van der Waals surface area contributed by atoms with Crippen LogP contribution in [0.4, 0.5) is 5.69 Å². The summed E-state index contributed by atoms with van der Waals surface area (Å²) in [5.74, 6) is 0.243. The molecule has 1 atom stereocenters. The summed E-state index contributed by atoms with van der Waals surface area (Å²) in [5, 5.41) is 2.79. The van der Waals surface area contributed by atoms with Crippen molar-refractivity contribution in [3.8, 4) is 0 Å². The molecule has 0 saturated heterocycles. The third kappa shape index (κ3) is 3.41. The Morgan fingerprint density at radius 3 is 2.96 bits per heavy atom. The molecule has 1 aromatic heterocycles. The molecule has 1 heterocycles. The number of fused-ring (bicyclic) bond motifs is 1. The Labute approximate surface area is 141 Å². The maximum Gasteiger partial charge on any atom is 0.261 e. The van der Waals surface area contributed by atoms with Gasteiger partial charge in [0, 0.05) is 17.9 Å². The lowest BCUT2D eigenvalue weighted by molar-refractivity contribution is 0.102. The number of nitrogens with one attached hydrogen (secondary N) is 2. The highest BCUT2D eigenvalue weighted by atomic mass is 16.2. The molecule has 0 radical (unpaired) electrons. The van der Waals surface area contributed by atoms with Gasteiger partial charge >= 0.3 is 0 Å². The molecule has 3 rings (SSSR count). The zero-order valence-electron chi connectivity index (χ0n) is 13.9. The van der Waals surface area contributed by atoms with Crippen LogP contribution in [0.15, 0.2) is 35.1 Å². The molecule has 0 aliphatic heterocycles. The van der Waals surface area contributed by atoms with Gasteiger partial charge in [0.15, 0.2) is 0 Å². The lowest BCUT2D eigenvalue weighted by Gasteiger charge is -2.23. The molecule has 1 aliphatic carbocycles. The molecule has 0 saturated carbocycles. The highest BCUT2D eigenvalue weighted by molar-refractivity contribution is 6.04. The van der Waals surface area contributed by atoms with Crippen LogP contribution in [0.1, 0.15) is 46.9 Å². The Hall–Kier alpha value is -2.40. The van der Waals surface area contributed by atoms with Crippen molar-refractivity contribution in [2.75, 3.05) is 5.32 Å². The van der Waals surface area contributed by atoms with Crippen LogP contribution in [0, 0.1) is 5.92 Å². The molecule has 126 valence electrons. The van der Waals surface area contributed by atoms with Crippen LogP contribution in [0.3, 0.4) is 0 Å². The highest BCUT2D eigenvalue weighted by Crippen LogP contribution is 2.26. The summed E-state index contributed by atoms with van der Waals surface area (Å²) in [6.07, 6.45) is 4.01. The van der Waals surface area contributed by atoms with Crippen LogP contribution in [-0.4, -0.2) is 10.9 Å². The number of carbonyl (C=O) groups is 1. The van der Waals surface area contributed by atoms with Crippen molar-refractivity contribution < 1.29 is 4.79 Å². The standard InChI is InChI=1S/C19H23N3O2/c1-2-12-6-7-17-14(8-12)10-16(19(24)22-17)18(23)21-15-5-3-4-13(9-15)11-20/h3-5,9-10,12H,2,6-8,11,20H2,1H3,(H,21,23)(H,22,24). The van der Waals surface area contributed by atoms with Crippen LogP contribution >= 0.6 is 0 Å². The Morgan fingerprint density at radius 1 is 1.38 bits per heavy atom. The zero-order valence-corrected chi connectivity index (χ0v) is 13.9. The molecule has 4 N–H and O–H groups in total.